The minimum atomic E-state index is -0.858. The number of guanidine groups is 1. The van der Waals surface area contributed by atoms with Gasteiger partial charge in [0.15, 0.2) is 5.96 Å². The first-order valence-electron chi connectivity index (χ1n) is 7.49. The second-order valence-corrected chi connectivity index (χ2v) is 8.61. The van der Waals surface area contributed by atoms with E-state index in [0.717, 1.165) is 11.4 Å². The van der Waals surface area contributed by atoms with Crippen LogP contribution in [0.1, 0.15) is 37.7 Å². The quantitative estimate of drug-likeness (QED) is 0.631. The topological polar surface area (TPSA) is 71.3 Å². The fourth-order valence-corrected chi connectivity index (χ4v) is 2.93. The smallest absolute Gasteiger partial charge is 0.191 e. The first kappa shape index (κ1) is 18.7. The van der Waals surface area contributed by atoms with Crippen molar-refractivity contribution in [3.8, 4) is 0 Å². The van der Waals surface area contributed by atoms with Gasteiger partial charge in [0, 0.05) is 59.7 Å². The van der Waals surface area contributed by atoms with Crippen LogP contribution < -0.4 is 10.6 Å². The minimum Gasteiger partial charge on any atom is -0.355 e. The normalized spacial score (nSPS) is 14.0. The number of aromatic nitrogens is 2. The summed E-state index contributed by atoms with van der Waals surface area (Å²) in [4.78, 5) is 4.20. The van der Waals surface area contributed by atoms with Crippen molar-refractivity contribution in [2.45, 2.75) is 45.9 Å². The van der Waals surface area contributed by atoms with Crippen LogP contribution in [-0.2, 0) is 24.4 Å². The number of aliphatic imine (C=N–C) groups is 1. The van der Waals surface area contributed by atoms with Crippen molar-refractivity contribution in [3.05, 3.63) is 17.0 Å². The van der Waals surface area contributed by atoms with E-state index >= 15 is 0 Å². The van der Waals surface area contributed by atoms with Gasteiger partial charge in [-0.05, 0) is 34.6 Å². The molecular weight excluding hydrogens is 298 g/mol. The largest absolute Gasteiger partial charge is 0.355 e. The summed E-state index contributed by atoms with van der Waals surface area (Å²) in [5.41, 5.74) is 3.36. The van der Waals surface area contributed by atoms with Gasteiger partial charge in [0.2, 0.25) is 0 Å². The van der Waals surface area contributed by atoms with Crippen LogP contribution >= 0.6 is 0 Å². The molecule has 126 valence electrons. The Balaban J connectivity index is 2.48. The molecule has 2 N–H and O–H groups in total. The average molecular weight is 327 g/mol. The van der Waals surface area contributed by atoms with Gasteiger partial charge in [0.05, 0.1) is 5.69 Å². The molecule has 0 aliphatic heterocycles. The zero-order chi connectivity index (χ0) is 16.9. The van der Waals surface area contributed by atoms with Gasteiger partial charge >= 0.3 is 0 Å². The SMILES string of the molecule is CN=C(NCCS(=O)C(C)(C)C)NCc1c(C)nn(C)c1C. The zero-order valence-corrected chi connectivity index (χ0v) is 15.6. The second kappa shape index (κ2) is 7.76. The lowest BCUT2D eigenvalue weighted by Gasteiger charge is -2.18. The summed E-state index contributed by atoms with van der Waals surface area (Å²) < 4.78 is 13.7. The van der Waals surface area contributed by atoms with Gasteiger partial charge in [-0.1, -0.05) is 0 Å². The van der Waals surface area contributed by atoms with Crippen molar-refractivity contribution in [2.75, 3.05) is 19.3 Å². The number of rotatable bonds is 5. The van der Waals surface area contributed by atoms with Crippen molar-refractivity contribution in [1.29, 1.82) is 0 Å². The van der Waals surface area contributed by atoms with Crippen LogP contribution in [0.2, 0.25) is 0 Å². The van der Waals surface area contributed by atoms with Gasteiger partial charge in [-0.15, -0.1) is 0 Å². The molecule has 0 saturated heterocycles. The minimum absolute atomic E-state index is 0.178. The molecule has 1 unspecified atom stereocenters. The standard InChI is InChI=1S/C15H29N5OS/c1-11-13(12(2)20(7)19-11)10-18-14(16-6)17-8-9-22(21)15(3,4)5/h8-10H2,1-7H3,(H2,16,17,18). The van der Waals surface area contributed by atoms with Crippen LogP contribution in [0.5, 0.6) is 0 Å². The molecule has 0 aliphatic carbocycles. The molecule has 22 heavy (non-hydrogen) atoms. The lowest BCUT2D eigenvalue weighted by atomic mass is 10.2. The maximum absolute atomic E-state index is 12.0. The van der Waals surface area contributed by atoms with Crippen LogP contribution in [0.15, 0.2) is 4.99 Å². The third-order valence-electron chi connectivity index (χ3n) is 3.58. The van der Waals surface area contributed by atoms with Crippen molar-refractivity contribution in [3.63, 3.8) is 0 Å². The molecule has 7 heteroatoms. The Morgan fingerprint density at radius 2 is 1.95 bits per heavy atom. The van der Waals surface area contributed by atoms with Crippen molar-refractivity contribution in [1.82, 2.24) is 20.4 Å². The molecule has 0 bridgehead atoms. The van der Waals surface area contributed by atoms with Crippen LogP contribution in [0, 0.1) is 13.8 Å². The average Bonchev–Trinajstić information content (AvgIpc) is 2.66. The highest BCUT2D eigenvalue weighted by Crippen LogP contribution is 2.11. The molecule has 0 amide bonds. The third-order valence-corrected chi connectivity index (χ3v) is 5.52. The van der Waals surface area contributed by atoms with E-state index in [1.165, 1.54) is 5.56 Å². The molecule has 0 radical (unpaired) electrons. The Morgan fingerprint density at radius 3 is 2.41 bits per heavy atom. The van der Waals surface area contributed by atoms with Crippen molar-refractivity contribution < 1.29 is 4.21 Å². The van der Waals surface area contributed by atoms with E-state index in [-0.39, 0.29) is 4.75 Å². The molecule has 6 nitrogen and oxygen atoms in total. The zero-order valence-electron chi connectivity index (χ0n) is 14.8. The van der Waals surface area contributed by atoms with E-state index in [2.05, 4.69) is 27.6 Å². The summed E-state index contributed by atoms with van der Waals surface area (Å²) in [5, 5.41) is 10.9. The van der Waals surface area contributed by atoms with Crippen LogP contribution in [0.3, 0.4) is 0 Å². The lowest BCUT2D eigenvalue weighted by Crippen LogP contribution is -2.40. The molecule has 0 fully saturated rings. The lowest BCUT2D eigenvalue weighted by molar-refractivity contribution is 0.647. The summed E-state index contributed by atoms with van der Waals surface area (Å²) in [7, 11) is 2.82. The summed E-state index contributed by atoms with van der Waals surface area (Å²) >= 11 is 0. The van der Waals surface area contributed by atoms with Crippen LogP contribution in [0.4, 0.5) is 0 Å². The van der Waals surface area contributed by atoms with Gasteiger partial charge in [-0.3, -0.25) is 13.9 Å². The van der Waals surface area contributed by atoms with Gasteiger partial charge in [0.25, 0.3) is 0 Å². The maximum atomic E-state index is 12.0. The Bertz CT molecular complexity index is 557. The molecule has 1 rings (SSSR count). The monoisotopic (exact) mass is 327 g/mol. The number of nitrogens with zero attached hydrogens (tertiary/aromatic N) is 3. The summed E-state index contributed by atoms with van der Waals surface area (Å²) in [6, 6.07) is 0. The fourth-order valence-electron chi connectivity index (χ4n) is 2.03. The van der Waals surface area contributed by atoms with Crippen molar-refractivity contribution >= 4 is 16.8 Å². The molecule has 1 atom stereocenters. The van der Waals surface area contributed by atoms with Crippen LogP contribution in [0.25, 0.3) is 0 Å². The number of nitrogens with one attached hydrogen (secondary N) is 2. The highest BCUT2D eigenvalue weighted by molar-refractivity contribution is 7.86. The first-order valence-corrected chi connectivity index (χ1v) is 8.80. The van der Waals surface area contributed by atoms with Gasteiger partial charge in [-0.2, -0.15) is 5.10 Å². The molecule has 0 aromatic carbocycles. The Kier molecular flexibility index (Phi) is 6.59. The highest BCUT2D eigenvalue weighted by Gasteiger charge is 2.18. The molecular formula is C15H29N5OS. The van der Waals surface area contributed by atoms with Gasteiger partial charge in [0.1, 0.15) is 0 Å². The fraction of sp³-hybridized carbons (Fsp3) is 0.733. The molecule has 1 aromatic rings. The molecule has 1 aromatic heterocycles. The van der Waals surface area contributed by atoms with E-state index in [9.17, 15) is 4.21 Å². The Labute approximate surface area is 136 Å². The highest BCUT2D eigenvalue weighted by atomic mass is 32.2. The Morgan fingerprint density at radius 1 is 1.32 bits per heavy atom. The molecule has 0 spiro atoms. The van der Waals surface area contributed by atoms with E-state index in [4.69, 9.17) is 0 Å². The predicted molar refractivity (Wildman–Crippen MR) is 93.6 cm³/mol. The maximum Gasteiger partial charge on any atom is 0.191 e. The number of aryl methyl sites for hydroxylation is 2. The second-order valence-electron chi connectivity index (χ2n) is 6.29. The molecule has 0 saturated carbocycles. The van der Waals surface area contributed by atoms with Crippen molar-refractivity contribution in [2.24, 2.45) is 12.0 Å². The van der Waals surface area contributed by atoms with E-state index in [1.54, 1.807) is 7.05 Å². The molecule has 1 heterocycles. The van der Waals surface area contributed by atoms with Gasteiger partial charge in [-0.25, -0.2) is 0 Å². The summed E-state index contributed by atoms with van der Waals surface area (Å²) in [6.07, 6.45) is 0. The summed E-state index contributed by atoms with van der Waals surface area (Å²) in [6.45, 7) is 11.3. The third kappa shape index (κ3) is 5.12. The van der Waals surface area contributed by atoms with E-state index in [0.29, 0.717) is 24.8 Å². The van der Waals surface area contributed by atoms with E-state index < -0.39 is 10.8 Å². The van der Waals surface area contributed by atoms with Gasteiger partial charge < -0.3 is 10.6 Å². The predicted octanol–water partition coefficient (Wildman–Crippen LogP) is 1.25. The number of hydrogen-bond acceptors (Lipinski definition) is 3. The number of hydrogen-bond donors (Lipinski definition) is 2. The van der Waals surface area contributed by atoms with Crippen LogP contribution in [-0.4, -0.2) is 44.0 Å². The van der Waals surface area contributed by atoms with E-state index in [1.807, 2.05) is 39.4 Å². The first-order chi connectivity index (χ1) is 10.2. The summed E-state index contributed by atoms with van der Waals surface area (Å²) in [5.74, 6) is 1.32. The Hall–Kier alpha value is -1.37. The molecule has 0 aliphatic rings.